The molecule has 182 valence electrons. The second kappa shape index (κ2) is 8.18. The third-order valence-corrected chi connectivity index (χ3v) is 8.66. The third kappa shape index (κ3) is 4.18. The lowest BCUT2D eigenvalue weighted by molar-refractivity contribution is -0.137. The first kappa shape index (κ1) is 22.3. The number of anilines is 1. The van der Waals surface area contributed by atoms with Gasteiger partial charge in [-0.25, -0.2) is 14.4 Å². The summed E-state index contributed by atoms with van der Waals surface area (Å²) in [7, 11) is 0. The summed E-state index contributed by atoms with van der Waals surface area (Å²) in [4.78, 5) is 11.1. The van der Waals surface area contributed by atoms with Gasteiger partial charge in [0.15, 0.2) is 0 Å². The monoisotopic (exact) mass is 474 g/mol. The Labute approximate surface area is 197 Å². The molecule has 8 heteroatoms. The molecule has 7 rings (SSSR count). The number of rotatable bonds is 5. The number of halogens is 4. The van der Waals surface area contributed by atoms with Crippen LogP contribution in [0.15, 0.2) is 24.5 Å². The first-order chi connectivity index (χ1) is 16.3. The number of hydrogen-bond donors (Lipinski definition) is 1. The van der Waals surface area contributed by atoms with Gasteiger partial charge >= 0.3 is 6.18 Å². The number of benzene rings is 1. The topological polar surface area (TPSA) is 41.1 Å². The van der Waals surface area contributed by atoms with Crippen molar-refractivity contribution in [1.82, 2.24) is 14.9 Å². The molecule has 4 aliphatic carbocycles. The Morgan fingerprint density at radius 3 is 2.38 bits per heavy atom. The highest BCUT2D eigenvalue weighted by Crippen LogP contribution is 2.60. The van der Waals surface area contributed by atoms with E-state index in [4.69, 9.17) is 0 Å². The zero-order valence-corrected chi connectivity index (χ0v) is 19.2. The lowest BCUT2D eigenvalue weighted by Gasteiger charge is -2.57. The molecule has 1 aromatic carbocycles. The predicted molar refractivity (Wildman–Crippen MR) is 120 cm³/mol. The molecule has 4 nitrogen and oxygen atoms in total. The van der Waals surface area contributed by atoms with Crippen LogP contribution in [0.5, 0.6) is 0 Å². The van der Waals surface area contributed by atoms with Gasteiger partial charge < -0.3 is 5.32 Å². The molecule has 0 saturated heterocycles. The number of aromatic nitrogens is 2. The maximum Gasteiger partial charge on any atom is 0.416 e. The molecule has 0 atom stereocenters. The minimum atomic E-state index is -4.54. The van der Waals surface area contributed by atoms with Crippen molar-refractivity contribution in [2.24, 2.45) is 23.2 Å². The lowest BCUT2D eigenvalue weighted by atomic mass is 9.49. The van der Waals surface area contributed by atoms with Gasteiger partial charge in [-0.05, 0) is 80.2 Å². The smallest absolute Gasteiger partial charge is 0.369 e. The van der Waals surface area contributed by atoms with Gasteiger partial charge in [-0.2, -0.15) is 13.2 Å². The number of hydrogen-bond acceptors (Lipinski definition) is 4. The Bertz CT molecular complexity index is 1050. The quantitative estimate of drug-likeness (QED) is 0.555. The fourth-order valence-corrected chi connectivity index (χ4v) is 7.57. The second-order valence-corrected chi connectivity index (χ2v) is 11.2. The minimum absolute atomic E-state index is 0.253. The van der Waals surface area contributed by atoms with Crippen molar-refractivity contribution in [3.63, 3.8) is 0 Å². The molecule has 4 saturated carbocycles. The molecule has 5 aliphatic rings. The van der Waals surface area contributed by atoms with Crippen molar-refractivity contribution in [2.45, 2.75) is 64.2 Å². The normalized spacial score (nSPS) is 30.4. The van der Waals surface area contributed by atoms with Crippen LogP contribution in [0.2, 0.25) is 0 Å². The number of fused-ring (bicyclic) bond motifs is 1. The number of alkyl halides is 3. The van der Waals surface area contributed by atoms with E-state index in [-0.39, 0.29) is 12.1 Å². The maximum absolute atomic E-state index is 14.3. The number of nitrogens with zero attached hydrogens (tertiary/aromatic N) is 3. The van der Waals surface area contributed by atoms with Crippen LogP contribution < -0.4 is 5.32 Å². The largest absolute Gasteiger partial charge is 0.416 e. The van der Waals surface area contributed by atoms with E-state index < -0.39 is 17.6 Å². The van der Waals surface area contributed by atoms with Gasteiger partial charge in [0, 0.05) is 37.3 Å². The lowest BCUT2D eigenvalue weighted by Crippen LogP contribution is -2.49. The van der Waals surface area contributed by atoms with Crippen molar-refractivity contribution in [3.8, 4) is 0 Å². The fraction of sp³-hybridized carbons (Fsp3) is 0.615. The van der Waals surface area contributed by atoms with Crippen molar-refractivity contribution in [3.05, 3.63) is 52.7 Å². The highest BCUT2D eigenvalue weighted by atomic mass is 19.4. The zero-order chi connectivity index (χ0) is 23.5. The van der Waals surface area contributed by atoms with Crippen LogP contribution in [0.25, 0.3) is 0 Å². The average molecular weight is 475 g/mol. The van der Waals surface area contributed by atoms with Crippen LogP contribution in [0.4, 0.5) is 23.4 Å². The van der Waals surface area contributed by atoms with Crippen molar-refractivity contribution in [2.75, 3.05) is 18.4 Å². The van der Waals surface area contributed by atoms with Gasteiger partial charge in [0.2, 0.25) is 0 Å². The average Bonchev–Trinajstić information content (AvgIpc) is 2.77. The molecule has 2 heterocycles. The molecule has 0 amide bonds. The standard InChI is InChI=1S/C26H30F4N4/c27-22-8-20(26(28,29)30)2-1-19(22)12-34-4-3-21-23(13-34)32-15-33-24(21)31-14-25-9-16-5-17(10-25)7-18(6-16)11-25/h1-2,8,15-18H,3-7,9-14H2,(H,31,32,33). The van der Waals surface area contributed by atoms with Gasteiger partial charge in [-0.1, -0.05) is 6.07 Å². The molecule has 0 spiro atoms. The molecule has 2 aromatic rings. The van der Waals surface area contributed by atoms with Gasteiger partial charge in [0.1, 0.15) is 18.0 Å². The van der Waals surface area contributed by atoms with Crippen LogP contribution in [0, 0.1) is 29.0 Å². The molecular formula is C26H30F4N4. The Morgan fingerprint density at radius 1 is 1.03 bits per heavy atom. The molecule has 4 fully saturated rings. The summed E-state index contributed by atoms with van der Waals surface area (Å²) in [5, 5.41) is 3.69. The van der Waals surface area contributed by atoms with Crippen LogP contribution in [-0.4, -0.2) is 28.0 Å². The van der Waals surface area contributed by atoms with Gasteiger partial charge in [0.05, 0.1) is 11.3 Å². The number of nitrogens with one attached hydrogen (secondary N) is 1. The van der Waals surface area contributed by atoms with Crippen molar-refractivity contribution >= 4 is 5.82 Å². The van der Waals surface area contributed by atoms with Gasteiger partial charge in [0.25, 0.3) is 0 Å². The van der Waals surface area contributed by atoms with E-state index in [2.05, 4.69) is 15.3 Å². The highest BCUT2D eigenvalue weighted by Gasteiger charge is 2.50. The van der Waals surface area contributed by atoms with Crippen LogP contribution >= 0.6 is 0 Å². The van der Waals surface area contributed by atoms with E-state index in [9.17, 15) is 17.6 Å². The summed E-state index contributed by atoms with van der Waals surface area (Å²) in [6.07, 6.45) is 6.08. The predicted octanol–water partition coefficient (Wildman–Crippen LogP) is 5.82. The first-order valence-electron chi connectivity index (χ1n) is 12.4. The SMILES string of the molecule is Fc1cc(C(F)(F)F)ccc1CN1CCc2c(ncnc2NCC23CC4CC(CC(C4)C2)C3)C1. The van der Waals surface area contributed by atoms with Gasteiger partial charge in [-0.15, -0.1) is 0 Å². The van der Waals surface area contributed by atoms with E-state index >= 15 is 0 Å². The summed E-state index contributed by atoms with van der Waals surface area (Å²) in [5.41, 5.74) is 1.76. The van der Waals surface area contributed by atoms with Crippen LogP contribution in [0.1, 0.15) is 60.9 Å². The van der Waals surface area contributed by atoms with E-state index in [1.54, 1.807) is 6.33 Å². The Morgan fingerprint density at radius 2 is 1.74 bits per heavy atom. The summed E-state index contributed by atoms with van der Waals surface area (Å²) in [6.45, 7) is 2.45. The Kier molecular flexibility index (Phi) is 5.35. The highest BCUT2D eigenvalue weighted by molar-refractivity contribution is 5.47. The minimum Gasteiger partial charge on any atom is -0.369 e. The van der Waals surface area contributed by atoms with E-state index in [1.807, 2.05) is 4.90 Å². The molecule has 0 unspecified atom stereocenters. The van der Waals surface area contributed by atoms with Crippen LogP contribution in [0.3, 0.4) is 0 Å². The van der Waals surface area contributed by atoms with Gasteiger partial charge in [-0.3, -0.25) is 4.90 Å². The Balaban J connectivity index is 1.13. The maximum atomic E-state index is 14.3. The van der Waals surface area contributed by atoms with Crippen LogP contribution in [-0.2, 0) is 25.7 Å². The van der Waals surface area contributed by atoms with E-state index in [0.717, 1.165) is 53.9 Å². The van der Waals surface area contributed by atoms with E-state index in [0.29, 0.717) is 24.6 Å². The summed E-state index contributed by atoms with van der Waals surface area (Å²) < 4.78 is 52.9. The molecule has 0 radical (unpaired) electrons. The zero-order valence-electron chi connectivity index (χ0n) is 19.2. The Hall–Kier alpha value is -2.22. The van der Waals surface area contributed by atoms with E-state index in [1.165, 1.54) is 44.6 Å². The summed E-state index contributed by atoms with van der Waals surface area (Å²) in [5.74, 6) is 2.83. The molecule has 1 aliphatic heterocycles. The molecular weight excluding hydrogens is 444 g/mol. The summed E-state index contributed by atoms with van der Waals surface area (Å²) >= 11 is 0. The third-order valence-electron chi connectivity index (χ3n) is 8.66. The second-order valence-electron chi connectivity index (χ2n) is 11.2. The molecule has 1 aromatic heterocycles. The molecule has 4 bridgehead atoms. The van der Waals surface area contributed by atoms with Crippen molar-refractivity contribution < 1.29 is 17.6 Å². The first-order valence-corrected chi connectivity index (χ1v) is 12.4. The molecule has 34 heavy (non-hydrogen) atoms. The van der Waals surface area contributed by atoms with Crippen molar-refractivity contribution in [1.29, 1.82) is 0 Å². The molecule has 1 N–H and O–H groups in total. The fourth-order valence-electron chi connectivity index (χ4n) is 7.57. The summed E-state index contributed by atoms with van der Waals surface area (Å²) in [6, 6.07) is 2.78.